The van der Waals surface area contributed by atoms with Crippen LogP contribution in [0.15, 0.2) is 5.10 Å². The minimum absolute atomic E-state index is 0.0434. The summed E-state index contributed by atoms with van der Waals surface area (Å²) in [6.45, 7) is 7.93. The molecule has 226 valence electrons. The minimum Gasteiger partial charge on any atom is -0.462 e. The first-order chi connectivity index (χ1) is 18.9. The summed E-state index contributed by atoms with van der Waals surface area (Å²) >= 11 is 0. The lowest BCUT2D eigenvalue weighted by molar-refractivity contribution is -0.213. The van der Waals surface area contributed by atoms with Crippen molar-refractivity contribution in [3.05, 3.63) is 0 Å². The number of hydrazone groups is 1. The summed E-state index contributed by atoms with van der Waals surface area (Å²) in [5.74, 6) is -1.38. The average molecular weight is 553 g/mol. The van der Waals surface area contributed by atoms with Gasteiger partial charge >= 0.3 is 11.9 Å². The number of nitrogens with zero attached hydrogens (tertiary/aromatic N) is 2. The number of carbonyl (C=O) groups excluding carboxylic acids is 3. The Kier molecular flexibility index (Phi) is 20.5. The van der Waals surface area contributed by atoms with Gasteiger partial charge in [-0.05, 0) is 32.6 Å². The van der Waals surface area contributed by atoms with E-state index in [-0.39, 0.29) is 31.0 Å². The van der Waals surface area contributed by atoms with Crippen LogP contribution in [0, 0.1) is 0 Å². The van der Waals surface area contributed by atoms with Crippen LogP contribution in [-0.2, 0) is 28.7 Å². The lowest BCUT2D eigenvalue weighted by Gasteiger charge is -2.29. The van der Waals surface area contributed by atoms with Gasteiger partial charge < -0.3 is 9.47 Å². The molecular formula is C31H56N2O6. The summed E-state index contributed by atoms with van der Waals surface area (Å²) in [6.07, 6.45) is 18.8. The Bertz CT molecular complexity index is 711. The highest BCUT2D eigenvalue weighted by Gasteiger charge is 2.27. The van der Waals surface area contributed by atoms with Crippen LogP contribution in [-0.4, -0.2) is 47.5 Å². The summed E-state index contributed by atoms with van der Waals surface area (Å²) in [7, 11) is 0. The van der Waals surface area contributed by atoms with Gasteiger partial charge in [0.1, 0.15) is 6.61 Å². The molecule has 8 heteroatoms. The van der Waals surface area contributed by atoms with E-state index in [4.69, 9.17) is 14.3 Å². The number of ether oxygens (including phenoxy) is 2. The molecule has 39 heavy (non-hydrogen) atoms. The monoisotopic (exact) mass is 552 g/mol. The zero-order valence-corrected chi connectivity index (χ0v) is 25.3. The fraction of sp³-hybridized carbons (Fsp3) is 0.871. The van der Waals surface area contributed by atoms with Crippen LogP contribution in [0.5, 0.6) is 0 Å². The van der Waals surface area contributed by atoms with Crippen molar-refractivity contribution in [3.63, 3.8) is 0 Å². The SMILES string of the molecule is CCCCCCCCCCCC(=O)O[C@@H](C)C(=O)OCCC(=O)N1N=C(CCCCC)C[C@@H](CCCCC)O1. The third-order valence-electron chi connectivity index (χ3n) is 7.04. The molecule has 0 fully saturated rings. The lowest BCUT2D eigenvalue weighted by Crippen LogP contribution is -2.38. The van der Waals surface area contributed by atoms with Crippen molar-refractivity contribution in [1.82, 2.24) is 5.17 Å². The van der Waals surface area contributed by atoms with E-state index in [2.05, 4.69) is 25.9 Å². The normalized spacial score (nSPS) is 16.1. The lowest BCUT2D eigenvalue weighted by atomic mass is 10.0. The van der Waals surface area contributed by atoms with Gasteiger partial charge in [-0.25, -0.2) is 9.63 Å². The van der Waals surface area contributed by atoms with Crippen molar-refractivity contribution in [2.24, 2.45) is 5.10 Å². The molecular weight excluding hydrogens is 496 g/mol. The fourth-order valence-electron chi connectivity index (χ4n) is 4.59. The second-order valence-electron chi connectivity index (χ2n) is 10.8. The van der Waals surface area contributed by atoms with Crippen molar-refractivity contribution in [3.8, 4) is 0 Å². The molecule has 0 radical (unpaired) electrons. The van der Waals surface area contributed by atoms with Crippen molar-refractivity contribution in [2.75, 3.05) is 6.61 Å². The Hall–Kier alpha value is -1.96. The third-order valence-corrected chi connectivity index (χ3v) is 7.04. The van der Waals surface area contributed by atoms with E-state index in [0.29, 0.717) is 6.42 Å². The molecule has 2 atom stereocenters. The van der Waals surface area contributed by atoms with Crippen molar-refractivity contribution in [1.29, 1.82) is 0 Å². The first-order valence-corrected chi connectivity index (χ1v) is 15.8. The summed E-state index contributed by atoms with van der Waals surface area (Å²) in [5, 5.41) is 5.54. The van der Waals surface area contributed by atoms with Crippen LogP contribution in [0.1, 0.15) is 156 Å². The van der Waals surface area contributed by atoms with Gasteiger partial charge in [-0.3, -0.25) is 9.59 Å². The van der Waals surface area contributed by atoms with E-state index < -0.39 is 12.1 Å². The molecule has 0 aliphatic carbocycles. The Balaban J connectivity index is 2.32. The number of carbonyl (C=O) groups is 3. The van der Waals surface area contributed by atoms with Crippen LogP contribution in [0.4, 0.5) is 0 Å². The topological polar surface area (TPSA) is 94.5 Å². The second kappa shape index (κ2) is 22.8. The molecule has 1 aliphatic heterocycles. The van der Waals surface area contributed by atoms with E-state index in [1.54, 1.807) is 0 Å². The summed E-state index contributed by atoms with van der Waals surface area (Å²) in [4.78, 5) is 43.0. The van der Waals surface area contributed by atoms with E-state index in [9.17, 15) is 14.4 Å². The average Bonchev–Trinajstić information content (AvgIpc) is 2.92. The molecule has 8 nitrogen and oxygen atoms in total. The maximum atomic E-state index is 12.8. The maximum Gasteiger partial charge on any atom is 0.347 e. The number of rotatable bonds is 23. The largest absolute Gasteiger partial charge is 0.462 e. The van der Waals surface area contributed by atoms with Gasteiger partial charge in [0.25, 0.3) is 5.91 Å². The Morgan fingerprint density at radius 2 is 1.44 bits per heavy atom. The standard InChI is InChI=1S/C31H56N2O6/c1-5-8-11-12-13-14-15-16-19-22-30(35)38-26(4)31(36)37-24-23-29(34)33-32-27(20-17-9-6-2)25-28(39-33)21-18-10-7-3/h26,28H,5-25H2,1-4H3/t26-,28+/m0/s1. The van der Waals surface area contributed by atoms with Crippen LogP contribution in [0.2, 0.25) is 0 Å². The quantitative estimate of drug-likeness (QED) is 0.0947. The van der Waals surface area contributed by atoms with Gasteiger partial charge in [0.15, 0.2) is 6.10 Å². The number of amides is 1. The predicted molar refractivity (Wildman–Crippen MR) is 155 cm³/mol. The van der Waals surface area contributed by atoms with Crippen LogP contribution in [0.25, 0.3) is 0 Å². The van der Waals surface area contributed by atoms with E-state index in [1.807, 2.05) is 0 Å². The number of hydroxylamine groups is 1. The molecule has 1 heterocycles. The molecule has 1 aliphatic rings. The Morgan fingerprint density at radius 3 is 2.10 bits per heavy atom. The van der Waals surface area contributed by atoms with Gasteiger partial charge in [-0.2, -0.15) is 5.10 Å². The number of unbranched alkanes of at least 4 members (excludes halogenated alkanes) is 12. The van der Waals surface area contributed by atoms with E-state index in [1.165, 1.54) is 45.4 Å². The van der Waals surface area contributed by atoms with Crippen LogP contribution < -0.4 is 0 Å². The van der Waals surface area contributed by atoms with Gasteiger partial charge in [0.05, 0.1) is 12.5 Å². The summed E-state index contributed by atoms with van der Waals surface area (Å²) in [6, 6.07) is 0. The summed E-state index contributed by atoms with van der Waals surface area (Å²) < 4.78 is 10.4. The second-order valence-corrected chi connectivity index (χ2v) is 10.8. The molecule has 0 aromatic rings. The van der Waals surface area contributed by atoms with Crippen molar-refractivity contribution < 1.29 is 28.7 Å². The van der Waals surface area contributed by atoms with Gasteiger partial charge in [0, 0.05) is 18.6 Å². The third kappa shape index (κ3) is 17.4. The maximum absolute atomic E-state index is 12.8. The first-order valence-electron chi connectivity index (χ1n) is 15.8. The number of hydrogen-bond acceptors (Lipinski definition) is 7. The van der Waals surface area contributed by atoms with Crippen molar-refractivity contribution in [2.45, 2.75) is 168 Å². The molecule has 1 amide bonds. The number of hydrogen-bond donors (Lipinski definition) is 0. The molecule has 0 unspecified atom stereocenters. The van der Waals surface area contributed by atoms with Crippen LogP contribution >= 0.6 is 0 Å². The molecule has 0 spiro atoms. The first kappa shape index (κ1) is 35.1. The summed E-state index contributed by atoms with van der Waals surface area (Å²) in [5.41, 5.74) is 0.994. The zero-order valence-electron chi connectivity index (χ0n) is 25.3. The van der Waals surface area contributed by atoms with Gasteiger partial charge in [-0.15, -0.1) is 5.17 Å². The minimum atomic E-state index is -0.997. The Morgan fingerprint density at radius 1 is 0.846 bits per heavy atom. The zero-order chi connectivity index (χ0) is 28.7. The highest BCUT2D eigenvalue weighted by atomic mass is 16.7. The van der Waals surface area contributed by atoms with Gasteiger partial charge in [0.2, 0.25) is 0 Å². The van der Waals surface area contributed by atoms with E-state index >= 15 is 0 Å². The van der Waals surface area contributed by atoms with Crippen LogP contribution in [0.3, 0.4) is 0 Å². The molecule has 0 N–H and O–H groups in total. The highest BCUT2D eigenvalue weighted by molar-refractivity contribution is 5.87. The fourth-order valence-corrected chi connectivity index (χ4v) is 4.59. The molecule has 0 saturated carbocycles. The van der Waals surface area contributed by atoms with E-state index in [0.717, 1.165) is 87.9 Å². The Labute approximate surface area is 237 Å². The smallest absolute Gasteiger partial charge is 0.347 e. The molecule has 1 rings (SSSR count). The molecule has 0 saturated heterocycles. The van der Waals surface area contributed by atoms with Crippen molar-refractivity contribution >= 4 is 23.6 Å². The molecule has 0 aromatic heterocycles. The van der Waals surface area contributed by atoms with Gasteiger partial charge in [-0.1, -0.05) is 104 Å². The number of esters is 2. The highest BCUT2D eigenvalue weighted by Crippen LogP contribution is 2.21. The predicted octanol–water partition coefficient (Wildman–Crippen LogP) is 7.82. The molecule has 0 aromatic carbocycles. The molecule has 0 bridgehead atoms.